The van der Waals surface area contributed by atoms with E-state index in [0.717, 1.165) is 0 Å². The van der Waals surface area contributed by atoms with Crippen LogP contribution >= 0.6 is 0 Å². The van der Waals surface area contributed by atoms with Crippen molar-refractivity contribution in [1.82, 2.24) is 4.98 Å². The van der Waals surface area contributed by atoms with Crippen molar-refractivity contribution in [2.24, 2.45) is 0 Å². The normalized spacial score (nSPS) is 25.3. The summed E-state index contributed by atoms with van der Waals surface area (Å²) >= 11 is 0. The molecule has 1 aromatic rings. The third-order valence-electron chi connectivity index (χ3n) is 0.730. The van der Waals surface area contributed by atoms with E-state index >= 15 is 0 Å². The molecule has 0 saturated heterocycles. The molecular formula is C7H10N2. The molecule has 2 nitrogen and oxygen atoms in total. The number of aromatic nitrogens is 1. The van der Waals surface area contributed by atoms with Crippen LogP contribution in [0.2, 0.25) is 0 Å². The number of pyridine rings is 1. The molecule has 1 aromatic heterocycles. The van der Waals surface area contributed by atoms with Gasteiger partial charge in [-0.15, -0.1) is 0 Å². The Balaban J connectivity index is 3.54. The summed E-state index contributed by atoms with van der Waals surface area (Å²) in [5.74, 6) is 0. The Morgan fingerprint density at radius 2 is 3.00 bits per heavy atom. The van der Waals surface area contributed by atoms with E-state index in [-0.39, 0.29) is 0 Å². The Kier molecular flexibility index (Phi) is 0.417. The molecule has 0 aliphatic heterocycles. The van der Waals surface area contributed by atoms with E-state index in [1.165, 1.54) is 0 Å². The molecular weight excluding hydrogens is 112 g/mol. The SMILES string of the molecule is [2H]c1nc(C([2H])([2H])C([2H])([2H])[2H])c([2H])c(N)c1[2H]. The molecule has 0 aliphatic carbocycles. The largest absolute Gasteiger partial charge is 0.399 e. The van der Waals surface area contributed by atoms with Crippen LogP contribution in [0.3, 0.4) is 0 Å². The Labute approximate surface area is 66.0 Å². The molecule has 2 heteroatoms. The van der Waals surface area contributed by atoms with Gasteiger partial charge in [0.2, 0.25) is 0 Å². The minimum atomic E-state index is -3.03. The predicted octanol–water partition coefficient (Wildman–Crippen LogP) is 1.23. The van der Waals surface area contributed by atoms with E-state index in [9.17, 15) is 0 Å². The van der Waals surface area contributed by atoms with Gasteiger partial charge in [0.1, 0.15) is 0 Å². The zero-order chi connectivity index (χ0) is 13.6. The van der Waals surface area contributed by atoms with Crippen LogP contribution in [0.4, 0.5) is 5.69 Å². The predicted molar refractivity (Wildman–Crippen MR) is 38.0 cm³/mol. The lowest BCUT2D eigenvalue weighted by molar-refractivity contribution is 1.04. The molecule has 1 rings (SSSR count). The third kappa shape index (κ3) is 1.42. The summed E-state index contributed by atoms with van der Waals surface area (Å²) in [4.78, 5) is 3.35. The first-order valence-corrected chi connectivity index (χ1v) is 2.24. The second-order valence-electron chi connectivity index (χ2n) is 1.36. The molecule has 0 fully saturated rings. The quantitative estimate of drug-likeness (QED) is 0.621. The van der Waals surface area contributed by atoms with Crippen molar-refractivity contribution < 1.29 is 11.0 Å². The highest BCUT2D eigenvalue weighted by Crippen LogP contribution is 2.01. The maximum absolute atomic E-state index is 7.49. The Morgan fingerprint density at radius 3 is 3.78 bits per heavy atom. The zero-order valence-corrected chi connectivity index (χ0v) is 4.52. The molecule has 0 radical (unpaired) electrons. The van der Waals surface area contributed by atoms with Crippen LogP contribution in [0, 0.1) is 0 Å². The summed E-state index contributed by atoms with van der Waals surface area (Å²) in [7, 11) is 0. The van der Waals surface area contributed by atoms with Gasteiger partial charge in [-0.3, -0.25) is 4.98 Å². The average Bonchev–Trinajstić information content (AvgIpc) is 2.18. The van der Waals surface area contributed by atoms with E-state index in [1.807, 2.05) is 0 Å². The molecule has 0 atom stereocenters. The van der Waals surface area contributed by atoms with Crippen molar-refractivity contribution in [3.05, 3.63) is 24.0 Å². The second-order valence-corrected chi connectivity index (χ2v) is 1.36. The van der Waals surface area contributed by atoms with Crippen molar-refractivity contribution in [1.29, 1.82) is 0 Å². The lowest BCUT2D eigenvalue weighted by Gasteiger charge is -1.94. The number of nitrogens with two attached hydrogens (primary N) is 1. The molecule has 0 aliphatic rings. The topological polar surface area (TPSA) is 38.9 Å². The first-order valence-electron chi connectivity index (χ1n) is 6.24. The maximum atomic E-state index is 7.49. The lowest BCUT2D eigenvalue weighted by Crippen LogP contribution is -1.89. The van der Waals surface area contributed by atoms with Gasteiger partial charge < -0.3 is 5.73 Å². The number of hydrogen-bond acceptors (Lipinski definition) is 2. The minimum Gasteiger partial charge on any atom is -0.399 e. The van der Waals surface area contributed by atoms with Crippen LogP contribution < -0.4 is 5.73 Å². The Morgan fingerprint density at radius 1 is 2.11 bits per heavy atom. The first kappa shape index (κ1) is 1.51. The Hall–Kier alpha value is -1.05. The molecule has 0 bridgehead atoms. The van der Waals surface area contributed by atoms with Crippen molar-refractivity contribution in [2.45, 2.75) is 13.2 Å². The highest BCUT2D eigenvalue weighted by molar-refractivity contribution is 5.36. The summed E-state index contributed by atoms with van der Waals surface area (Å²) in [5.41, 5.74) is 4.15. The van der Waals surface area contributed by atoms with Crippen LogP contribution in [-0.2, 0) is 6.37 Å². The molecule has 0 aromatic carbocycles. The van der Waals surface area contributed by atoms with Crippen LogP contribution in [0.5, 0.6) is 0 Å². The van der Waals surface area contributed by atoms with E-state index in [0.29, 0.717) is 0 Å². The second kappa shape index (κ2) is 2.49. The molecule has 0 unspecified atom stereocenters. The fourth-order valence-electron chi connectivity index (χ4n) is 0.390. The lowest BCUT2D eigenvalue weighted by atomic mass is 10.3. The number of rotatable bonds is 1. The first-order chi connectivity index (χ1) is 7.50. The molecule has 9 heavy (non-hydrogen) atoms. The van der Waals surface area contributed by atoms with E-state index < -0.39 is 42.9 Å². The van der Waals surface area contributed by atoms with E-state index in [4.69, 9.17) is 16.7 Å². The van der Waals surface area contributed by atoms with Crippen molar-refractivity contribution >= 4 is 5.69 Å². The molecule has 1 heterocycles. The fraction of sp³-hybridized carbons (Fsp3) is 0.286. The van der Waals surface area contributed by atoms with Gasteiger partial charge in [0.25, 0.3) is 0 Å². The molecule has 0 spiro atoms. The molecule has 0 amide bonds. The smallest absolute Gasteiger partial charge is 0.0841 e. The standard InChI is InChI=1S/C7H10N2/c1-2-7-5-6(8)3-4-9-7/h3-5H,2H2,1H3,(H2,8,9)/i1D3,2D2,3D,4D,5D. The summed E-state index contributed by atoms with van der Waals surface area (Å²) in [6, 6.07) is -1.17. The van der Waals surface area contributed by atoms with E-state index in [1.54, 1.807) is 0 Å². The average molecular weight is 130 g/mol. The number of hydrogen-bond donors (Lipinski definition) is 1. The number of aryl methyl sites for hydroxylation is 1. The van der Waals surface area contributed by atoms with E-state index in [2.05, 4.69) is 4.98 Å². The van der Waals surface area contributed by atoms with Gasteiger partial charge in [-0.2, -0.15) is 0 Å². The molecule has 2 N–H and O–H groups in total. The monoisotopic (exact) mass is 130 g/mol. The summed E-state index contributed by atoms with van der Waals surface area (Å²) in [6.45, 7) is -3.03. The van der Waals surface area contributed by atoms with Gasteiger partial charge >= 0.3 is 0 Å². The van der Waals surface area contributed by atoms with Gasteiger partial charge in [0, 0.05) is 24.4 Å². The minimum absolute atomic E-state index is 0.451. The number of anilines is 1. The van der Waals surface area contributed by atoms with Gasteiger partial charge in [-0.05, 0) is 18.5 Å². The number of nitrogens with zero attached hydrogens (tertiary/aromatic N) is 1. The van der Waals surface area contributed by atoms with Gasteiger partial charge in [0.15, 0.2) is 0 Å². The molecule has 0 saturated carbocycles. The molecule has 48 valence electrons. The summed E-state index contributed by atoms with van der Waals surface area (Å²) < 4.78 is 58.1. The zero-order valence-electron chi connectivity index (χ0n) is 12.5. The van der Waals surface area contributed by atoms with Gasteiger partial charge in [-0.1, -0.05) is 6.85 Å². The third-order valence-corrected chi connectivity index (χ3v) is 0.730. The number of nitrogen functional groups attached to an aromatic ring is 1. The van der Waals surface area contributed by atoms with Crippen LogP contribution in [-0.4, -0.2) is 4.98 Å². The van der Waals surface area contributed by atoms with Gasteiger partial charge in [-0.25, -0.2) is 0 Å². The van der Waals surface area contributed by atoms with Crippen molar-refractivity contribution in [3.63, 3.8) is 0 Å². The van der Waals surface area contributed by atoms with Gasteiger partial charge in [0.05, 0.1) is 4.11 Å². The summed E-state index contributed by atoms with van der Waals surface area (Å²) in [6.07, 6.45) is -3.54. The Bertz CT molecular complexity index is 452. The van der Waals surface area contributed by atoms with Crippen LogP contribution in [0.1, 0.15) is 23.5 Å². The fourth-order valence-corrected chi connectivity index (χ4v) is 0.390. The van der Waals surface area contributed by atoms with Crippen LogP contribution in [0.15, 0.2) is 18.3 Å². The van der Waals surface area contributed by atoms with Crippen molar-refractivity contribution in [2.75, 3.05) is 5.73 Å². The maximum Gasteiger partial charge on any atom is 0.0841 e. The highest BCUT2D eigenvalue weighted by atomic mass is 14.7. The highest BCUT2D eigenvalue weighted by Gasteiger charge is 1.87. The van der Waals surface area contributed by atoms with Crippen molar-refractivity contribution in [3.8, 4) is 0 Å². The summed E-state index contributed by atoms with van der Waals surface area (Å²) in [5, 5.41) is 0. The van der Waals surface area contributed by atoms with Crippen LogP contribution in [0.25, 0.3) is 0 Å².